The Balaban J connectivity index is 1.67. The van der Waals surface area contributed by atoms with Crippen molar-refractivity contribution in [3.05, 3.63) is 58.6 Å². The van der Waals surface area contributed by atoms with Crippen LogP contribution in [0.25, 0.3) is 10.2 Å². The van der Waals surface area contributed by atoms with E-state index < -0.39 is 0 Å². The van der Waals surface area contributed by atoms with Crippen LogP contribution in [0.5, 0.6) is 5.75 Å². The molecule has 0 spiro atoms. The maximum atomic E-state index is 5.40. The van der Waals surface area contributed by atoms with Crippen molar-refractivity contribution in [1.82, 2.24) is 10.3 Å². The molecule has 0 aliphatic heterocycles. The van der Waals surface area contributed by atoms with E-state index in [1.807, 2.05) is 12.1 Å². The maximum Gasteiger partial charge on any atom is 0.123 e. The summed E-state index contributed by atoms with van der Waals surface area (Å²) >= 11 is 1.74. The highest BCUT2D eigenvalue weighted by Gasteiger charge is 2.05. The lowest BCUT2D eigenvalue weighted by molar-refractivity contribution is 0.407. The van der Waals surface area contributed by atoms with Crippen molar-refractivity contribution >= 4 is 21.6 Å². The lowest BCUT2D eigenvalue weighted by Crippen LogP contribution is -2.13. The fourth-order valence-corrected chi connectivity index (χ4v) is 3.28. The lowest BCUT2D eigenvalue weighted by atomic mass is 10.1. The molecule has 0 aliphatic rings. The number of hydrogen-bond acceptors (Lipinski definition) is 4. The van der Waals surface area contributed by atoms with E-state index in [9.17, 15) is 0 Å². The summed E-state index contributed by atoms with van der Waals surface area (Å²) in [6.45, 7) is 3.65. The van der Waals surface area contributed by atoms with E-state index >= 15 is 0 Å². The molecule has 3 aromatic rings. The van der Waals surface area contributed by atoms with Crippen LogP contribution >= 0.6 is 11.3 Å². The zero-order valence-electron chi connectivity index (χ0n) is 12.2. The van der Waals surface area contributed by atoms with E-state index in [1.54, 1.807) is 18.4 Å². The molecule has 0 atom stereocenters. The van der Waals surface area contributed by atoms with E-state index in [-0.39, 0.29) is 0 Å². The molecule has 0 saturated carbocycles. The molecule has 0 bridgehead atoms. The van der Waals surface area contributed by atoms with E-state index in [0.717, 1.165) is 29.4 Å². The highest BCUT2D eigenvalue weighted by atomic mass is 32.1. The van der Waals surface area contributed by atoms with Crippen LogP contribution in [0.1, 0.15) is 16.1 Å². The van der Waals surface area contributed by atoms with Gasteiger partial charge in [0.05, 0.1) is 17.3 Å². The molecule has 0 saturated heterocycles. The normalized spacial score (nSPS) is 11.0. The number of benzene rings is 2. The molecule has 108 valence electrons. The Morgan fingerprint density at radius 1 is 1.14 bits per heavy atom. The number of ether oxygens (including phenoxy) is 1. The third-order valence-electron chi connectivity index (χ3n) is 3.37. The Morgan fingerprint density at radius 3 is 2.81 bits per heavy atom. The molecular weight excluding hydrogens is 280 g/mol. The first-order valence-electron chi connectivity index (χ1n) is 6.95. The third kappa shape index (κ3) is 3.23. The van der Waals surface area contributed by atoms with Gasteiger partial charge < -0.3 is 10.1 Å². The first-order valence-corrected chi connectivity index (χ1v) is 7.76. The third-order valence-corrected chi connectivity index (χ3v) is 4.40. The molecule has 0 aliphatic carbocycles. The smallest absolute Gasteiger partial charge is 0.123 e. The fraction of sp³-hybridized carbons (Fsp3) is 0.235. The molecular formula is C17H18N2OS. The van der Waals surface area contributed by atoms with Crippen molar-refractivity contribution < 1.29 is 4.74 Å². The van der Waals surface area contributed by atoms with E-state index in [4.69, 9.17) is 4.74 Å². The first-order chi connectivity index (χ1) is 10.3. The van der Waals surface area contributed by atoms with Gasteiger partial charge in [0, 0.05) is 18.7 Å². The van der Waals surface area contributed by atoms with Gasteiger partial charge in [-0.05, 0) is 25.1 Å². The van der Waals surface area contributed by atoms with Gasteiger partial charge >= 0.3 is 0 Å². The second-order valence-electron chi connectivity index (χ2n) is 4.99. The van der Waals surface area contributed by atoms with Gasteiger partial charge in [0.2, 0.25) is 0 Å². The van der Waals surface area contributed by atoms with Gasteiger partial charge in [0.25, 0.3) is 0 Å². The van der Waals surface area contributed by atoms with E-state index in [0.29, 0.717) is 0 Å². The summed E-state index contributed by atoms with van der Waals surface area (Å²) in [6, 6.07) is 14.5. The minimum Gasteiger partial charge on any atom is -0.496 e. The topological polar surface area (TPSA) is 34.1 Å². The van der Waals surface area contributed by atoms with Gasteiger partial charge in [0.15, 0.2) is 0 Å². The van der Waals surface area contributed by atoms with Crippen LogP contribution in [0.15, 0.2) is 42.5 Å². The summed E-state index contributed by atoms with van der Waals surface area (Å²) in [5.74, 6) is 0.928. The molecule has 3 rings (SSSR count). The van der Waals surface area contributed by atoms with Gasteiger partial charge in [-0.2, -0.15) is 0 Å². The van der Waals surface area contributed by atoms with Crippen molar-refractivity contribution in [2.45, 2.75) is 20.0 Å². The molecule has 1 heterocycles. The first kappa shape index (κ1) is 14.0. The number of para-hydroxylation sites is 1. The standard InChI is InChI=1S/C17H18N2OS/c1-12-7-8-15(20-2)13(9-12)10-18-11-17-19-14-5-3-4-6-16(14)21-17/h3-9,18H,10-11H2,1-2H3. The van der Waals surface area contributed by atoms with Crippen molar-refractivity contribution in [2.75, 3.05) is 7.11 Å². The van der Waals surface area contributed by atoms with Crippen LogP contribution in [0.2, 0.25) is 0 Å². The predicted octanol–water partition coefficient (Wildman–Crippen LogP) is 3.90. The highest BCUT2D eigenvalue weighted by Crippen LogP contribution is 2.22. The minimum absolute atomic E-state index is 0.774. The highest BCUT2D eigenvalue weighted by molar-refractivity contribution is 7.18. The summed E-state index contributed by atoms with van der Waals surface area (Å²) in [5, 5.41) is 4.56. The number of nitrogens with one attached hydrogen (secondary N) is 1. The number of nitrogens with zero attached hydrogens (tertiary/aromatic N) is 1. The molecule has 1 N–H and O–H groups in total. The fourth-order valence-electron chi connectivity index (χ4n) is 2.35. The Bertz CT molecular complexity index is 718. The predicted molar refractivity (Wildman–Crippen MR) is 87.9 cm³/mol. The largest absolute Gasteiger partial charge is 0.496 e. The van der Waals surface area contributed by atoms with Crippen LogP contribution in [0.4, 0.5) is 0 Å². The summed E-state index contributed by atoms with van der Waals surface area (Å²) in [6.07, 6.45) is 0. The summed E-state index contributed by atoms with van der Waals surface area (Å²) < 4.78 is 6.64. The van der Waals surface area contributed by atoms with Crippen LogP contribution in [0, 0.1) is 6.92 Å². The molecule has 4 heteroatoms. The van der Waals surface area contributed by atoms with Crippen LogP contribution in [-0.2, 0) is 13.1 Å². The van der Waals surface area contributed by atoms with E-state index in [2.05, 4.69) is 47.6 Å². The van der Waals surface area contributed by atoms with Crippen molar-refractivity contribution in [1.29, 1.82) is 0 Å². The van der Waals surface area contributed by atoms with Crippen LogP contribution in [-0.4, -0.2) is 12.1 Å². The van der Waals surface area contributed by atoms with Crippen molar-refractivity contribution in [2.24, 2.45) is 0 Å². The molecule has 0 unspecified atom stereocenters. The number of rotatable bonds is 5. The monoisotopic (exact) mass is 298 g/mol. The Hall–Kier alpha value is -1.91. The minimum atomic E-state index is 0.774. The molecule has 1 aromatic heterocycles. The second-order valence-corrected chi connectivity index (χ2v) is 6.11. The average molecular weight is 298 g/mol. The lowest BCUT2D eigenvalue weighted by Gasteiger charge is -2.09. The van der Waals surface area contributed by atoms with Gasteiger partial charge in [0.1, 0.15) is 10.8 Å². The molecule has 0 amide bonds. The van der Waals surface area contributed by atoms with Crippen LogP contribution < -0.4 is 10.1 Å². The number of fused-ring (bicyclic) bond motifs is 1. The average Bonchev–Trinajstić information content (AvgIpc) is 2.90. The summed E-state index contributed by atoms with van der Waals surface area (Å²) in [7, 11) is 1.71. The Labute approximate surface area is 128 Å². The molecule has 0 fully saturated rings. The number of hydrogen-bond donors (Lipinski definition) is 1. The number of thiazole rings is 1. The van der Waals surface area contributed by atoms with E-state index in [1.165, 1.54) is 15.8 Å². The maximum absolute atomic E-state index is 5.40. The molecule has 2 aromatic carbocycles. The Morgan fingerprint density at radius 2 is 2.00 bits per heavy atom. The Kier molecular flexibility index (Phi) is 4.18. The van der Waals surface area contributed by atoms with Crippen molar-refractivity contribution in [3.8, 4) is 5.75 Å². The molecule has 3 nitrogen and oxygen atoms in total. The second kappa shape index (κ2) is 6.24. The summed E-state index contributed by atoms with van der Waals surface area (Å²) in [4.78, 5) is 4.63. The van der Waals surface area contributed by atoms with Crippen molar-refractivity contribution in [3.63, 3.8) is 0 Å². The zero-order valence-corrected chi connectivity index (χ0v) is 13.0. The number of aryl methyl sites for hydroxylation is 1. The molecule has 0 radical (unpaired) electrons. The molecule has 21 heavy (non-hydrogen) atoms. The number of methoxy groups -OCH3 is 1. The number of aromatic nitrogens is 1. The SMILES string of the molecule is COc1ccc(C)cc1CNCc1nc2ccccc2s1. The zero-order chi connectivity index (χ0) is 14.7. The van der Waals surface area contributed by atoms with Gasteiger partial charge in [-0.3, -0.25) is 0 Å². The quantitative estimate of drug-likeness (QED) is 0.775. The summed E-state index contributed by atoms with van der Waals surface area (Å²) in [5.41, 5.74) is 3.50. The van der Waals surface area contributed by atoms with Gasteiger partial charge in [-0.25, -0.2) is 4.98 Å². The van der Waals surface area contributed by atoms with Crippen LogP contribution in [0.3, 0.4) is 0 Å². The van der Waals surface area contributed by atoms with Gasteiger partial charge in [-0.1, -0.05) is 29.8 Å². The van der Waals surface area contributed by atoms with Gasteiger partial charge in [-0.15, -0.1) is 11.3 Å².